The first-order valence-electron chi connectivity index (χ1n) is 6.04. The SMILES string of the molecule is CCNC1CCCC(S(=O)(=O)CCOC)C1. The minimum atomic E-state index is -2.96. The molecule has 16 heavy (non-hydrogen) atoms. The van der Waals surface area contributed by atoms with Gasteiger partial charge in [0.1, 0.15) is 0 Å². The maximum absolute atomic E-state index is 12.0. The van der Waals surface area contributed by atoms with Gasteiger partial charge in [-0.25, -0.2) is 8.42 Å². The van der Waals surface area contributed by atoms with Crippen molar-refractivity contribution in [3.8, 4) is 0 Å². The van der Waals surface area contributed by atoms with Gasteiger partial charge in [-0.15, -0.1) is 0 Å². The molecule has 0 aromatic heterocycles. The van der Waals surface area contributed by atoms with E-state index in [4.69, 9.17) is 4.74 Å². The Morgan fingerprint density at radius 1 is 1.38 bits per heavy atom. The van der Waals surface area contributed by atoms with E-state index in [1.54, 1.807) is 0 Å². The van der Waals surface area contributed by atoms with Crippen LogP contribution in [0.25, 0.3) is 0 Å². The molecule has 0 heterocycles. The molecule has 1 saturated carbocycles. The third-order valence-corrected chi connectivity index (χ3v) is 5.38. The summed E-state index contributed by atoms with van der Waals surface area (Å²) < 4.78 is 28.8. The average Bonchev–Trinajstić information content (AvgIpc) is 2.27. The zero-order valence-electron chi connectivity index (χ0n) is 10.2. The Hall–Kier alpha value is -0.130. The van der Waals surface area contributed by atoms with Crippen molar-refractivity contribution in [1.82, 2.24) is 5.32 Å². The van der Waals surface area contributed by atoms with Crippen LogP contribution in [0, 0.1) is 0 Å². The highest BCUT2D eigenvalue weighted by molar-refractivity contribution is 7.92. The molecule has 0 aromatic carbocycles. The van der Waals surface area contributed by atoms with Crippen LogP contribution in [0.2, 0.25) is 0 Å². The van der Waals surface area contributed by atoms with Crippen LogP contribution in [0.15, 0.2) is 0 Å². The number of rotatable bonds is 6. The minimum Gasteiger partial charge on any atom is -0.384 e. The molecule has 0 saturated heterocycles. The largest absolute Gasteiger partial charge is 0.384 e. The molecule has 0 aliphatic heterocycles. The fourth-order valence-corrected chi connectivity index (χ4v) is 4.09. The van der Waals surface area contributed by atoms with Crippen LogP contribution >= 0.6 is 0 Å². The third-order valence-electron chi connectivity index (χ3n) is 3.20. The molecule has 2 unspecified atom stereocenters. The Kier molecular flexibility index (Phi) is 5.72. The Balaban J connectivity index is 2.52. The van der Waals surface area contributed by atoms with Gasteiger partial charge in [-0.1, -0.05) is 13.3 Å². The highest BCUT2D eigenvalue weighted by Crippen LogP contribution is 2.24. The van der Waals surface area contributed by atoms with Gasteiger partial charge in [0.2, 0.25) is 0 Å². The van der Waals surface area contributed by atoms with Gasteiger partial charge in [-0.2, -0.15) is 0 Å². The molecule has 0 aromatic rings. The summed E-state index contributed by atoms with van der Waals surface area (Å²) in [6.07, 6.45) is 3.69. The van der Waals surface area contributed by atoms with Crippen LogP contribution in [0.4, 0.5) is 0 Å². The van der Waals surface area contributed by atoms with Crippen LogP contribution in [0.5, 0.6) is 0 Å². The molecule has 1 N–H and O–H groups in total. The zero-order chi connectivity index (χ0) is 12.0. The van der Waals surface area contributed by atoms with E-state index < -0.39 is 9.84 Å². The number of hydrogen-bond donors (Lipinski definition) is 1. The van der Waals surface area contributed by atoms with E-state index in [1.165, 1.54) is 7.11 Å². The maximum atomic E-state index is 12.0. The van der Waals surface area contributed by atoms with Gasteiger partial charge in [-0.05, 0) is 25.8 Å². The van der Waals surface area contributed by atoms with Gasteiger partial charge in [-0.3, -0.25) is 0 Å². The average molecular weight is 249 g/mol. The first kappa shape index (κ1) is 13.9. The summed E-state index contributed by atoms with van der Waals surface area (Å²) in [5.74, 6) is 0.160. The Bertz CT molecular complexity index is 288. The summed E-state index contributed by atoms with van der Waals surface area (Å²) in [6.45, 7) is 3.28. The van der Waals surface area contributed by atoms with E-state index >= 15 is 0 Å². The number of ether oxygens (including phenoxy) is 1. The lowest BCUT2D eigenvalue weighted by molar-refractivity contribution is 0.216. The molecule has 0 amide bonds. The number of sulfone groups is 1. The minimum absolute atomic E-state index is 0.160. The van der Waals surface area contributed by atoms with Crippen LogP contribution in [-0.2, 0) is 14.6 Å². The summed E-state index contributed by atoms with van der Waals surface area (Å²) >= 11 is 0. The van der Waals surface area contributed by atoms with Crippen molar-refractivity contribution in [1.29, 1.82) is 0 Å². The van der Waals surface area contributed by atoms with E-state index in [0.29, 0.717) is 12.6 Å². The smallest absolute Gasteiger partial charge is 0.155 e. The Morgan fingerprint density at radius 2 is 2.12 bits per heavy atom. The lowest BCUT2D eigenvalue weighted by Gasteiger charge is -2.29. The second-order valence-corrected chi connectivity index (χ2v) is 6.80. The summed E-state index contributed by atoms with van der Waals surface area (Å²) in [6, 6.07) is 0.376. The molecule has 5 heteroatoms. The van der Waals surface area contributed by atoms with Gasteiger partial charge < -0.3 is 10.1 Å². The van der Waals surface area contributed by atoms with Crippen LogP contribution < -0.4 is 5.32 Å². The van der Waals surface area contributed by atoms with Crippen LogP contribution in [0.3, 0.4) is 0 Å². The fourth-order valence-electron chi connectivity index (χ4n) is 2.31. The normalized spacial score (nSPS) is 26.9. The van der Waals surface area contributed by atoms with E-state index in [9.17, 15) is 8.42 Å². The molecule has 1 fully saturated rings. The molecule has 1 aliphatic carbocycles. The monoisotopic (exact) mass is 249 g/mol. The van der Waals surface area contributed by atoms with Crippen LogP contribution in [-0.4, -0.2) is 45.7 Å². The van der Waals surface area contributed by atoms with Crippen molar-refractivity contribution in [2.24, 2.45) is 0 Å². The topological polar surface area (TPSA) is 55.4 Å². The Labute approximate surface area is 98.7 Å². The zero-order valence-corrected chi connectivity index (χ0v) is 11.1. The lowest BCUT2D eigenvalue weighted by atomic mass is 9.95. The van der Waals surface area contributed by atoms with Crippen molar-refractivity contribution in [2.45, 2.75) is 43.9 Å². The molecular weight excluding hydrogens is 226 g/mol. The molecule has 96 valence electrons. The molecule has 0 spiro atoms. The molecule has 0 radical (unpaired) electrons. The van der Waals surface area contributed by atoms with Gasteiger partial charge in [0, 0.05) is 13.2 Å². The molecule has 2 atom stereocenters. The number of nitrogens with one attached hydrogen (secondary N) is 1. The fraction of sp³-hybridized carbons (Fsp3) is 1.00. The molecule has 4 nitrogen and oxygen atoms in total. The number of methoxy groups -OCH3 is 1. The molecule has 0 bridgehead atoms. The predicted octanol–water partition coefficient (Wildman–Crippen LogP) is 0.968. The summed E-state index contributed by atoms with van der Waals surface area (Å²) in [4.78, 5) is 0. The summed E-state index contributed by atoms with van der Waals surface area (Å²) in [7, 11) is -1.42. The van der Waals surface area contributed by atoms with Crippen molar-refractivity contribution < 1.29 is 13.2 Å². The maximum Gasteiger partial charge on any atom is 0.155 e. The van der Waals surface area contributed by atoms with Gasteiger partial charge in [0.25, 0.3) is 0 Å². The number of hydrogen-bond acceptors (Lipinski definition) is 4. The third kappa shape index (κ3) is 4.03. The quantitative estimate of drug-likeness (QED) is 0.762. The van der Waals surface area contributed by atoms with E-state index in [1.807, 2.05) is 0 Å². The van der Waals surface area contributed by atoms with E-state index in [-0.39, 0.29) is 11.0 Å². The molecule has 1 aliphatic rings. The first-order chi connectivity index (χ1) is 7.60. The standard InChI is InChI=1S/C11H23NO3S/c1-3-12-10-5-4-6-11(9-10)16(13,14)8-7-15-2/h10-12H,3-9H2,1-2H3. The van der Waals surface area contributed by atoms with Crippen molar-refractivity contribution in [2.75, 3.05) is 26.0 Å². The van der Waals surface area contributed by atoms with E-state index in [2.05, 4.69) is 12.2 Å². The second kappa shape index (κ2) is 6.57. The molecule has 1 rings (SSSR count). The van der Waals surface area contributed by atoms with E-state index in [0.717, 1.165) is 32.2 Å². The van der Waals surface area contributed by atoms with Crippen molar-refractivity contribution >= 4 is 9.84 Å². The summed E-state index contributed by atoms with van der Waals surface area (Å²) in [5, 5.41) is 3.18. The lowest BCUT2D eigenvalue weighted by Crippen LogP contribution is -2.40. The van der Waals surface area contributed by atoms with Gasteiger partial charge in [0.05, 0.1) is 17.6 Å². The van der Waals surface area contributed by atoms with Gasteiger partial charge >= 0.3 is 0 Å². The highest BCUT2D eigenvalue weighted by atomic mass is 32.2. The van der Waals surface area contributed by atoms with Crippen molar-refractivity contribution in [3.05, 3.63) is 0 Å². The predicted molar refractivity (Wildman–Crippen MR) is 65.4 cm³/mol. The second-order valence-electron chi connectivity index (χ2n) is 4.40. The van der Waals surface area contributed by atoms with Crippen molar-refractivity contribution in [3.63, 3.8) is 0 Å². The highest BCUT2D eigenvalue weighted by Gasteiger charge is 2.30. The first-order valence-corrected chi connectivity index (χ1v) is 7.75. The molecular formula is C11H23NO3S. The van der Waals surface area contributed by atoms with Gasteiger partial charge in [0.15, 0.2) is 9.84 Å². The Morgan fingerprint density at radius 3 is 2.75 bits per heavy atom. The summed E-state index contributed by atoms with van der Waals surface area (Å²) in [5.41, 5.74) is 0. The van der Waals surface area contributed by atoms with Crippen LogP contribution in [0.1, 0.15) is 32.6 Å².